The number of allylic oxidation sites excluding steroid dienone is 3. The molecule has 0 saturated carbocycles. The van der Waals surface area contributed by atoms with Crippen LogP contribution in [0.25, 0.3) is 17.0 Å². The lowest BCUT2D eigenvalue weighted by atomic mass is 10.1. The molecule has 0 atom stereocenters. The van der Waals surface area contributed by atoms with Gasteiger partial charge >= 0.3 is 5.63 Å². The van der Waals surface area contributed by atoms with Crippen LogP contribution in [0.5, 0.6) is 17.2 Å². The highest BCUT2D eigenvalue weighted by molar-refractivity contribution is 6.05. The molecular weight excluding hydrogens is 372 g/mol. The number of benzene rings is 2. The van der Waals surface area contributed by atoms with E-state index in [4.69, 9.17) is 18.6 Å². The fraction of sp³-hybridized carbons (Fsp3) is 0.130. The Morgan fingerprint density at radius 3 is 2.41 bits per heavy atom. The Bertz CT molecular complexity index is 1150. The molecule has 0 saturated heterocycles. The summed E-state index contributed by atoms with van der Waals surface area (Å²) < 4.78 is 20.8. The minimum atomic E-state index is -0.690. The van der Waals surface area contributed by atoms with Crippen LogP contribution in [-0.4, -0.2) is 27.1 Å². The van der Waals surface area contributed by atoms with Gasteiger partial charge in [0, 0.05) is 11.5 Å². The van der Waals surface area contributed by atoms with Gasteiger partial charge in [-0.1, -0.05) is 24.3 Å². The van der Waals surface area contributed by atoms with Gasteiger partial charge in [-0.05, 0) is 42.0 Å². The third kappa shape index (κ3) is 4.55. The highest BCUT2D eigenvalue weighted by atomic mass is 16.5. The summed E-state index contributed by atoms with van der Waals surface area (Å²) in [4.78, 5) is 24.5. The smallest absolute Gasteiger partial charge is 0.347 e. The molecule has 0 aliphatic rings. The van der Waals surface area contributed by atoms with E-state index in [0.717, 1.165) is 5.56 Å². The van der Waals surface area contributed by atoms with Crippen LogP contribution in [0.2, 0.25) is 0 Å². The van der Waals surface area contributed by atoms with E-state index in [1.165, 1.54) is 19.3 Å². The fourth-order valence-electron chi connectivity index (χ4n) is 2.75. The molecule has 2 aromatic carbocycles. The molecule has 0 unspecified atom stereocenters. The second-order valence-corrected chi connectivity index (χ2v) is 6.05. The number of methoxy groups -OCH3 is 3. The fourth-order valence-corrected chi connectivity index (χ4v) is 2.75. The highest BCUT2D eigenvalue weighted by Gasteiger charge is 2.11. The lowest BCUT2D eigenvalue weighted by molar-refractivity contribution is 0.104. The normalized spacial score (nSPS) is 11.3. The summed E-state index contributed by atoms with van der Waals surface area (Å²) in [6, 6.07) is 12.1. The molecular formula is C23H20O6. The van der Waals surface area contributed by atoms with Crippen LogP contribution in [-0.2, 0) is 0 Å². The zero-order valence-electron chi connectivity index (χ0n) is 16.3. The van der Waals surface area contributed by atoms with Crippen LogP contribution in [0.15, 0.2) is 69.9 Å². The molecule has 0 amide bonds. The Kier molecular flexibility index (Phi) is 6.14. The minimum Gasteiger partial charge on any atom is -0.497 e. The zero-order valence-corrected chi connectivity index (χ0v) is 16.3. The molecule has 0 N–H and O–H groups in total. The largest absolute Gasteiger partial charge is 0.497 e. The van der Waals surface area contributed by atoms with E-state index in [9.17, 15) is 9.59 Å². The first kappa shape index (κ1) is 19.9. The molecule has 148 valence electrons. The molecule has 29 heavy (non-hydrogen) atoms. The van der Waals surface area contributed by atoms with Crippen LogP contribution in [0.4, 0.5) is 0 Å². The van der Waals surface area contributed by atoms with E-state index in [-0.39, 0.29) is 5.56 Å². The molecule has 0 spiro atoms. The van der Waals surface area contributed by atoms with Crippen LogP contribution < -0.4 is 19.8 Å². The van der Waals surface area contributed by atoms with Gasteiger partial charge in [-0.25, -0.2) is 4.79 Å². The molecule has 1 heterocycles. The number of ether oxygens (including phenoxy) is 3. The highest BCUT2D eigenvalue weighted by Crippen LogP contribution is 2.28. The quantitative estimate of drug-likeness (QED) is 0.259. The standard InChI is InChI=1S/C23H20O6/c1-26-17-10-9-16-13-18(23(25)29-21(16)14-17)19(24)7-5-4-6-15-8-11-20(27-2)22(12-15)28-3/h4-14H,1-3H3/b6-4+,7-5+. The molecule has 0 aliphatic heterocycles. The third-order valence-corrected chi connectivity index (χ3v) is 4.26. The van der Waals surface area contributed by atoms with Crippen molar-refractivity contribution >= 4 is 22.8 Å². The molecule has 6 heteroatoms. The Morgan fingerprint density at radius 2 is 1.69 bits per heavy atom. The Morgan fingerprint density at radius 1 is 0.897 bits per heavy atom. The number of carbonyl (C=O) groups excluding carboxylic acids is 1. The predicted molar refractivity (Wildman–Crippen MR) is 111 cm³/mol. The number of carbonyl (C=O) groups is 1. The lowest BCUT2D eigenvalue weighted by Crippen LogP contribution is -2.11. The SMILES string of the molecule is COc1ccc2cc(C(=O)/C=C/C=C/c3ccc(OC)c(OC)c3)c(=O)oc2c1. The van der Waals surface area contributed by atoms with Crippen molar-refractivity contribution in [3.05, 3.63) is 82.2 Å². The van der Waals surface area contributed by atoms with Crippen molar-refractivity contribution in [3.63, 3.8) is 0 Å². The van der Waals surface area contributed by atoms with Crippen LogP contribution in [0, 0.1) is 0 Å². The molecule has 0 radical (unpaired) electrons. The van der Waals surface area contributed by atoms with E-state index in [1.54, 1.807) is 56.7 Å². The van der Waals surface area contributed by atoms with Gasteiger partial charge < -0.3 is 18.6 Å². The number of rotatable bonds is 7. The minimum absolute atomic E-state index is 0.0292. The van der Waals surface area contributed by atoms with Crippen molar-refractivity contribution in [2.24, 2.45) is 0 Å². The molecule has 0 fully saturated rings. The molecule has 6 nitrogen and oxygen atoms in total. The van der Waals surface area contributed by atoms with Crippen molar-refractivity contribution in [2.75, 3.05) is 21.3 Å². The Labute approximate surface area is 167 Å². The summed E-state index contributed by atoms with van der Waals surface area (Å²) in [5, 5.41) is 0.642. The van der Waals surface area contributed by atoms with E-state index in [0.29, 0.717) is 28.2 Å². The third-order valence-electron chi connectivity index (χ3n) is 4.26. The van der Waals surface area contributed by atoms with Gasteiger partial charge in [0.05, 0.1) is 21.3 Å². The molecule has 0 bridgehead atoms. The maximum Gasteiger partial charge on any atom is 0.347 e. The lowest BCUT2D eigenvalue weighted by Gasteiger charge is -2.07. The van der Waals surface area contributed by atoms with Gasteiger partial charge in [0.1, 0.15) is 16.9 Å². The topological polar surface area (TPSA) is 75.0 Å². The average Bonchev–Trinajstić information content (AvgIpc) is 2.75. The Hall–Kier alpha value is -3.80. The number of ketones is 1. The number of hydrogen-bond acceptors (Lipinski definition) is 6. The first-order valence-corrected chi connectivity index (χ1v) is 8.78. The molecule has 0 aliphatic carbocycles. The Balaban J connectivity index is 1.77. The summed E-state index contributed by atoms with van der Waals surface area (Å²) in [5.41, 5.74) is 0.518. The zero-order chi connectivity index (χ0) is 20.8. The second kappa shape index (κ2) is 8.93. The summed E-state index contributed by atoms with van der Waals surface area (Å²) in [5.74, 6) is 1.38. The molecule has 3 aromatic rings. The number of fused-ring (bicyclic) bond motifs is 1. The van der Waals surface area contributed by atoms with Crippen molar-refractivity contribution in [3.8, 4) is 17.2 Å². The molecule has 1 aromatic heterocycles. The van der Waals surface area contributed by atoms with E-state index in [2.05, 4.69) is 0 Å². The van der Waals surface area contributed by atoms with Crippen molar-refractivity contribution in [2.45, 2.75) is 0 Å². The second-order valence-electron chi connectivity index (χ2n) is 6.05. The summed E-state index contributed by atoms with van der Waals surface area (Å²) in [7, 11) is 4.66. The van der Waals surface area contributed by atoms with E-state index < -0.39 is 11.4 Å². The van der Waals surface area contributed by atoms with E-state index >= 15 is 0 Å². The van der Waals surface area contributed by atoms with Gasteiger partial charge in [-0.3, -0.25) is 4.79 Å². The van der Waals surface area contributed by atoms with Gasteiger partial charge in [0.15, 0.2) is 17.3 Å². The first-order chi connectivity index (χ1) is 14.0. The monoisotopic (exact) mass is 392 g/mol. The predicted octanol–water partition coefficient (Wildman–Crippen LogP) is 4.27. The van der Waals surface area contributed by atoms with Gasteiger partial charge in [0.2, 0.25) is 0 Å². The van der Waals surface area contributed by atoms with Crippen molar-refractivity contribution < 1.29 is 23.4 Å². The van der Waals surface area contributed by atoms with Crippen LogP contribution in [0.3, 0.4) is 0 Å². The summed E-state index contributed by atoms with van der Waals surface area (Å²) in [6.07, 6.45) is 6.39. The first-order valence-electron chi connectivity index (χ1n) is 8.78. The van der Waals surface area contributed by atoms with E-state index in [1.807, 2.05) is 12.1 Å². The maximum atomic E-state index is 12.4. The summed E-state index contributed by atoms with van der Waals surface area (Å²) >= 11 is 0. The van der Waals surface area contributed by atoms with Crippen LogP contribution in [0.1, 0.15) is 15.9 Å². The average molecular weight is 392 g/mol. The van der Waals surface area contributed by atoms with Crippen molar-refractivity contribution in [1.29, 1.82) is 0 Å². The molecule has 3 rings (SSSR count). The van der Waals surface area contributed by atoms with Gasteiger partial charge in [0.25, 0.3) is 0 Å². The number of hydrogen-bond donors (Lipinski definition) is 0. The van der Waals surface area contributed by atoms with Crippen LogP contribution >= 0.6 is 0 Å². The van der Waals surface area contributed by atoms with Crippen molar-refractivity contribution in [1.82, 2.24) is 0 Å². The van der Waals surface area contributed by atoms with Gasteiger partial charge in [-0.2, -0.15) is 0 Å². The summed E-state index contributed by atoms with van der Waals surface area (Å²) in [6.45, 7) is 0. The maximum absolute atomic E-state index is 12.4. The van der Waals surface area contributed by atoms with Gasteiger partial charge in [-0.15, -0.1) is 0 Å².